The lowest BCUT2D eigenvalue weighted by Gasteiger charge is -2.13. The molecule has 0 unspecified atom stereocenters. The van der Waals surface area contributed by atoms with Gasteiger partial charge in [0, 0.05) is 18.4 Å². The van der Waals surface area contributed by atoms with Gasteiger partial charge in [-0.3, -0.25) is 9.59 Å². The minimum absolute atomic E-state index is 0.0831. The number of carboxylic acid groups (broad SMARTS) is 2. The number of carbonyl (C=O) groups is 3. The van der Waals surface area contributed by atoms with Crippen molar-refractivity contribution in [3.05, 3.63) is 17.0 Å². The quantitative estimate of drug-likeness (QED) is 0.642. The van der Waals surface area contributed by atoms with E-state index in [0.29, 0.717) is 17.9 Å². The van der Waals surface area contributed by atoms with Crippen LogP contribution in [-0.4, -0.2) is 39.3 Å². The Morgan fingerprint density at radius 3 is 2.38 bits per heavy atom. The number of aromatic nitrogens is 1. The average Bonchev–Trinajstić information content (AvgIpc) is 2.71. The minimum atomic E-state index is -1.25. The van der Waals surface area contributed by atoms with Crippen LogP contribution in [0.2, 0.25) is 0 Å². The zero-order valence-corrected chi connectivity index (χ0v) is 11.9. The Labute approximate surface area is 121 Å². The third-order valence-electron chi connectivity index (χ3n) is 3.06. The van der Waals surface area contributed by atoms with E-state index in [1.807, 2.05) is 0 Å². The molecule has 0 aliphatic carbocycles. The van der Waals surface area contributed by atoms with Gasteiger partial charge in [0.15, 0.2) is 0 Å². The number of carbonyl (C=O) groups excluding carboxylic acids is 1. The van der Waals surface area contributed by atoms with Crippen LogP contribution in [0.25, 0.3) is 0 Å². The number of amides is 1. The number of rotatable bonds is 8. The van der Waals surface area contributed by atoms with Crippen molar-refractivity contribution in [1.82, 2.24) is 10.5 Å². The smallest absolute Gasteiger partial charge is 0.326 e. The fraction of sp³-hybridized carbons (Fsp3) is 0.538. The van der Waals surface area contributed by atoms with Gasteiger partial charge in [-0.15, -0.1) is 0 Å². The molecule has 8 heteroatoms. The number of aliphatic carboxylic acids is 2. The molecule has 1 aromatic rings. The van der Waals surface area contributed by atoms with Gasteiger partial charge in [-0.05, 0) is 26.7 Å². The molecule has 1 aromatic heterocycles. The minimum Gasteiger partial charge on any atom is -0.481 e. The van der Waals surface area contributed by atoms with Crippen molar-refractivity contribution in [2.45, 2.75) is 45.6 Å². The molecule has 1 rings (SSSR count). The third kappa shape index (κ3) is 5.25. The van der Waals surface area contributed by atoms with Gasteiger partial charge in [-0.25, -0.2) is 4.79 Å². The predicted octanol–water partition coefficient (Wildman–Crippen LogP) is 0.658. The van der Waals surface area contributed by atoms with Crippen LogP contribution in [0.15, 0.2) is 4.52 Å². The van der Waals surface area contributed by atoms with Crippen molar-refractivity contribution in [2.24, 2.45) is 0 Å². The molecule has 1 heterocycles. The maximum atomic E-state index is 11.7. The van der Waals surface area contributed by atoms with Gasteiger partial charge >= 0.3 is 11.9 Å². The van der Waals surface area contributed by atoms with Crippen molar-refractivity contribution in [3.63, 3.8) is 0 Å². The Kier molecular flexibility index (Phi) is 5.89. The van der Waals surface area contributed by atoms with Crippen molar-refractivity contribution in [2.75, 3.05) is 0 Å². The van der Waals surface area contributed by atoms with Crippen molar-refractivity contribution in [3.8, 4) is 0 Å². The second-order valence-electron chi connectivity index (χ2n) is 4.69. The van der Waals surface area contributed by atoms with Gasteiger partial charge in [0.1, 0.15) is 11.8 Å². The third-order valence-corrected chi connectivity index (χ3v) is 3.06. The number of nitrogens with one attached hydrogen (secondary N) is 1. The van der Waals surface area contributed by atoms with Gasteiger partial charge in [0.25, 0.3) is 0 Å². The number of hydrogen-bond acceptors (Lipinski definition) is 5. The first-order chi connectivity index (χ1) is 9.81. The maximum Gasteiger partial charge on any atom is 0.326 e. The molecule has 21 heavy (non-hydrogen) atoms. The van der Waals surface area contributed by atoms with Crippen LogP contribution in [0.4, 0.5) is 0 Å². The van der Waals surface area contributed by atoms with Crippen molar-refractivity contribution >= 4 is 17.8 Å². The highest BCUT2D eigenvalue weighted by molar-refractivity contribution is 5.84. The molecule has 116 valence electrons. The first-order valence-corrected chi connectivity index (χ1v) is 6.47. The molecule has 0 aromatic carbocycles. The summed E-state index contributed by atoms with van der Waals surface area (Å²) in [6.07, 6.45) is 0.000849. The highest BCUT2D eigenvalue weighted by Crippen LogP contribution is 2.14. The lowest BCUT2D eigenvalue weighted by molar-refractivity contribution is -0.143. The molecule has 0 saturated carbocycles. The average molecular weight is 298 g/mol. The molecular weight excluding hydrogens is 280 g/mol. The summed E-state index contributed by atoms with van der Waals surface area (Å²) >= 11 is 0. The Morgan fingerprint density at radius 1 is 1.24 bits per heavy atom. The Balaban J connectivity index is 2.50. The monoisotopic (exact) mass is 298 g/mol. The fourth-order valence-electron chi connectivity index (χ4n) is 1.89. The van der Waals surface area contributed by atoms with E-state index in [2.05, 4.69) is 10.5 Å². The van der Waals surface area contributed by atoms with E-state index in [-0.39, 0.29) is 19.3 Å². The Hall–Kier alpha value is -2.38. The standard InChI is InChI=1S/C13H18N2O6/c1-7-9(8(2)21-15-7)3-5-11(16)14-10(13(19)20)4-6-12(17)18/h10H,3-6H2,1-2H3,(H,14,16)(H,17,18)(H,19,20)/t10-/m0/s1. The second kappa shape index (κ2) is 7.41. The van der Waals surface area contributed by atoms with Gasteiger partial charge in [-0.1, -0.05) is 5.16 Å². The van der Waals surface area contributed by atoms with E-state index < -0.39 is 23.9 Å². The summed E-state index contributed by atoms with van der Waals surface area (Å²) in [4.78, 5) is 33.1. The maximum absolute atomic E-state index is 11.7. The Morgan fingerprint density at radius 2 is 1.90 bits per heavy atom. The highest BCUT2D eigenvalue weighted by atomic mass is 16.5. The lowest BCUT2D eigenvalue weighted by atomic mass is 10.1. The van der Waals surface area contributed by atoms with E-state index >= 15 is 0 Å². The van der Waals surface area contributed by atoms with Crippen LogP contribution >= 0.6 is 0 Å². The van der Waals surface area contributed by atoms with Gasteiger partial charge in [-0.2, -0.15) is 0 Å². The normalized spacial score (nSPS) is 11.9. The van der Waals surface area contributed by atoms with Crippen LogP contribution in [0, 0.1) is 13.8 Å². The molecule has 0 saturated heterocycles. The summed E-state index contributed by atoms with van der Waals surface area (Å²) in [5.41, 5.74) is 1.52. The molecule has 0 spiro atoms. The summed E-state index contributed by atoms with van der Waals surface area (Å²) in [6.45, 7) is 3.50. The SMILES string of the molecule is Cc1noc(C)c1CCC(=O)N[C@@H](CCC(=O)O)C(=O)O. The van der Waals surface area contributed by atoms with E-state index in [4.69, 9.17) is 14.7 Å². The van der Waals surface area contributed by atoms with Crippen LogP contribution in [0.1, 0.15) is 36.3 Å². The van der Waals surface area contributed by atoms with E-state index in [0.717, 1.165) is 5.56 Å². The summed E-state index contributed by atoms with van der Waals surface area (Å²) < 4.78 is 4.97. The first-order valence-electron chi connectivity index (χ1n) is 6.47. The van der Waals surface area contributed by atoms with E-state index in [1.54, 1.807) is 13.8 Å². The molecule has 0 bridgehead atoms. The number of carboxylic acids is 2. The van der Waals surface area contributed by atoms with Gasteiger partial charge in [0.2, 0.25) is 5.91 Å². The number of nitrogens with zero attached hydrogens (tertiary/aromatic N) is 1. The van der Waals surface area contributed by atoms with Crippen molar-refractivity contribution in [1.29, 1.82) is 0 Å². The summed E-state index contributed by atoms with van der Waals surface area (Å²) in [5.74, 6) is -2.18. The first kappa shape index (κ1) is 16.7. The van der Waals surface area contributed by atoms with Gasteiger partial charge < -0.3 is 20.1 Å². The molecule has 1 atom stereocenters. The zero-order valence-electron chi connectivity index (χ0n) is 11.9. The topological polar surface area (TPSA) is 130 Å². The molecule has 0 fully saturated rings. The summed E-state index contributed by atoms with van der Waals surface area (Å²) in [7, 11) is 0. The molecule has 0 aliphatic rings. The van der Waals surface area contributed by atoms with Gasteiger partial charge in [0.05, 0.1) is 5.69 Å². The largest absolute Gasteiger partial charge is 0.481 e. The van der Waals surface area contributed by atoms with Crippen LogP contribution < -0.4 is 5.32 Å². The number of hydrogen-bond donors (Lipinski definition) is 3. The molecule has 0 radical (unpaired) electrons. The summed E-state index contributed by atoms with van der Waals surface area (Å²) in [5, 5.41) is 23.6. The molecule has 3 N–H and O–H groups in total. The van der Waals surface area contributed by atoms with E-state index in [9.17, 15) is 14.4 Å². The van der Waals surface area contributed by atoms with Crippen LogP contribution in [0.3, 0.4) is 0 Å². The molecule has 0 aliphatic heterocycles. The number of aryl methyl sites for hydroxylation is 2. The molecule has 8 nitrogen and oxygen atoms in total. The van der Waals surface area contributed by atoms with Crippen molar-refractivity contribution < 1.29 is 29.1 Å². The Bertz CT molecular complexity index is 517. The van der Waals surface area contributed by atoms with Crippen LogP contribution in [0.5, 0.6) is 0 Å². The molecular formula is C13H18N2O6. The van der Waals surface area contributed by atoms with Crippen LogP contribution in [-0.2, 0) is 20.8 Å². The highest BCUT2D eigenvalue weighted by Gasteiger charge is 2.21. The zero-order chi connectivity index (χ0) is 16.0. The fourth-order valence-corrected chi connectivity index (χ4v) is 1.89. The summed E-state index contributed by atoms with van der Waals surface area (Å²) in [6, 6.07) is -1.20. The lowest BCUT2D eigenvalue weighted by Crippen LogP contribution is -2.41. The van der Waals surface area contributed by atoms with E-state index in [1.165, 1.54) is 0 Å². The molecule has 1 amide bonds. The second-order valence-corrected chi connectivity index (χ2v) is 4.69. The predicted molar refractivity (Wildman–Crippen MR) is 70.7 cm³/mol.